The van der Waals surface area contributed by atoms with Gasteiger partial charge < -0.3 is 9.84 Å². The van der Waals surface area contributed by atoms with Gasteiger partial charge in [-0.2, -0.15) is 0 Å². The van der Waals surface area contributed by atoms with Crippen molar-refractivity contribution in [3.63, 3.8) is 0 Å². The molecule has 86 valence electrons. The predicted molar refractivity (Wildman–Crippen MR) is 58.0 cm³/mol. The third-order valence-corrected chi connectivity index (χ3v) is 2.47. The lowest BCUT2D eigenvalue weighted by Gasteiger charge is -2.11. The second kappa shape index (κ2) is 5.30. The van der Waals surface area contributed by atoms with Crippen LogP contribution in [0.25, 0.3) is 0 Å². The summed E-state index contributed by atoms with van der Waals surface area (Å²) in [5, 5.41) is 8.93. The number of carbonyl (C=O) groups excluding carboxylic acids is 1. The Labute approximate surface area is 93.9 Å². The van der Waals surface area contributed by atoms with Crippen LogP contribution in [0.5, 0.6) is 0 Å². The smallest absolute Gasteiger partial charge is 0.320 e. The normalized spacial score (nSPS) is 11.9. The van der Waals surface area contributed by atoms with Crippen LogP contribution in [0.15, 0.2) is 24.3 Å². The van der Waals surface area contributed by atoms with Crippen LogP contribution in [0.1, 0.15) is 11.1 Å². The Morgan fingerprint density at radius 2 is 2.00 bits per heavy atom. The topological polar surface area (TPSA) is 63.6 Å². The van der Waals surface area contributed by atoms with E-state index in [9.17, 15) is 9.59 Å². The van der Waals surface area contributed by atoms with Crippen molar-refractivity contribution in [3.05, 3.63) is 35.4 Å². The molecule has 1 aromatic carbocycles. The molecule has 0 bridgehead atoms. The van der Waals surface area contributed by atoms with Crippen molar-refractivity contribution in [2.24, 2.45) is 5.92 Å². The van der Waals surface area contributed by atoms with Gasteiger partial charge in [-0.3, -0.25) is 9.59 Å². The number of carbonyl (C=O) groups is 2. The Balaban J connectivity index is 2.88. The second-order valence-electron chi connectivity index (χ2n) is 3.54. The van der Waals surface area contributed by atoms with E-state index in [4.69, 9.17) is 5.11 Å². The summed E-state index contributed by atoms with van der Waals surface area (Å²) in [7, 11) is 1.19. The first-order valence-electron chi connectivity index (χ1n) is 4.91. The van der Waals surface area contributed by atoms with E-state index in [1.165, 1.54) is 7.11 Å². The van der Waals surface area contributed by atoms with Gasteiger partial charge in [-0.05, 0) is 24.5 Å². The van der Waals surface area contributed by atoms with Crippen LogP contribution in [0.4, 0.5) is 0 Å². The lowest BCUT2D eigenvalue weighted by molar-refractivity contribution is -0.156. The van der Waals surface area contributed by atoms with Crippen LogP contribution in [0.3, 0.4) is 0 Å². The largest absolute Gasteiger partial charge is 0.481 e. The highest BCUT2D eigenvalue weighted by Gasteiger charge is 2.27. The summed E-state index contributed by atoms with van der Waals surface area (Å²) in [6.45, 7) is 1.88. The molecular formula is C12H14O4. The first kappa shape index (κ1) is 12.2. The van der Waals surface area contributed by atoms with Crippen LogP contribution in [-0.4, -0.2) is 24.2 Å². The minimum Gasteiger partial charge on any atom is -0.481 e. The van der Waals surface area contributed by atoms with E-state index in [1.54, 1.807) is 0 Å². The van der Waals surface area contributed by atoms with E-state index in [2.05, 4.69) is 4.74 Å². The molecule has 0 heterocycles. The van der Waals surface area contributed by atoms with Crippen LogP contribution < -0.4 is 0 Å². The van der Waals surface area contributed by atoms with Gasteiger partial charge in [0.1, 0.15) is 0 Å². The Bertz CT molecular complexity index is 398. The fourth-order valence-corrected chi connectivity index (χ4v) is 1.47. The van der Waals surface area contributed by atoms with Gasteiger partial charge in [-0.25, -0.2) is 0 Å². The molecule has 0 aliphatic heterocycles. The van der Waals surface area contributed by atoms with Gasteiger partial charge in [0.05, 0.1) is 7.11 Å². The number of esters is 1. The van der Waals surface area contributed by atoms with Crippen LogP contribution >= 0.6 is 0 Å². The molecule has 0 aliphatic rings. The zero-order valence-electron chi connectivity index (χ0n) is 9.27. The maximum Gasteiger partial charge on any atom is 0.320 e. The quantitative estimate of drug-likeness (QED) is 0.618. The molecule has 0 spiro atoms. The monoisotopic (exact) mass is 222 g/mol. The number of aryl methyl sites for hydroxylation is 1. The summed E-state index contributed by atoms with van der Waals surface area (Å²) in [5.74, 6) is -3.00. The summed E-state index contributed by atoms with van der Waals surface area (Å²) < 4.78 is 4.47. The van der Waals surface area contributed by atoms with Crippen molar-refractivity contribution in [1.82, 2.24) is 0 Å². The number of hydrogen-bond acceptors (Lipinski definition) is 3. The standard InChI is InChI=1S/C12H14O4/c1-8-5-3-4-6-9(8)7-10(11(13)14)12(15)16-2/h3-6,10H,7H2,1-2H3,(H,13,14). The van der Waals surface area contributed by atoms with Gasteiger partial charge in [0.2, 0.25) is 0 Å². The molecule has 0 saturated heterocycles. The van der Waals surface area contributed by atoms with E-state index in [1.807, 2.05) is 31.2 Å². The molecule has 1 N–H and O–H groups in total. The van der Waals surface area contributed by atoms with Crippen molar-refractivity contribution in [3.8, 4) is 0 Å². The SMILES string of the molecule is COC(=O)C(Cc1ccccc1C)C(=O)O. The maximum absolute atomic E-state index is 11.3. The molecule has 0 aromatic heterocycles. The van der Waals surface area contributed by atoms with Gasteiger partial charge in [0.25, 0.3) is 0 Å². The van der Waals surface area contributed by atoms with E-state index < -0.39 is 17.9 Å². The van der Waals surface area contributed by atoms with Gasteiger partial charge in [-0.15, -0.1) is 0 Å². The number of rotatable bonds is 4. The minimum atomic E-state index is -1.16. The number of aliphatic carboxylic acids is 1. The molecule has 1 rings (SSSR count). The molecule has 1 atom stereocenters. The molecular weight excluding hydrogens is 208 g/mol. The van der Waals surface area contributed by atoms with E-state index in [0.717, 1.165) is 11.1 Å². The lowest BCUT2D eigenvalue weighted by Crippen LogP contribution is -2.27. The Kier molecular flexibility index (Phi) is 4.05. The zero-order valence-corrected chi connectivity index (χ0v) is 9.27. The molecule has 0 fully saturated rings. The molecule has 4 heteroatoms. The number of ether oxygens (including phenoxy) is 1. The highest BCUT2D eigenvalue weighted by Crippen LogP contribution is 2.14. The van der Waals surface area contributed by atoms with Crippen LogP contribution in [0.2, 0.25) is 0 Å². The van der Waals surface area contributed by atoms with E-state index >= 15 is 0 Å². The number of methoxy groups -OCH3 is 1. The molecule has 0 amide bonds. The summed E-state index contributed by atoms with van der Waals surface area (Å²) >= 11 is 0. The number of carboxylic acid groups (broad SMARTS) is 1. The maximum atomic E-state index is 11.3. The second-order valence-corrected chi connectivity index (χ2v) is 3.54. The molecule has 1 unspecified atom stereocenters. The average Bonchev–Trinajstić information content (AvgIpc) is 2.26. The van der Waals surface area contributed by atoms with E-state index in [-0.39, 0.29) is 6.42 Å². The first-order chi connectivity index (χ1) is 7.56. The highest BCUT2D eigenvalue weighted by molar-refractivity contribution is 5.94. The Morgan fingerprint density at radius 3 is 2.50 bits per heavy atom. The first-order valence-corrected chi connectivity index (χ1v) is 4.91. The third kappa shape index (κ3) is 2.82. The number of benzene rings is 1. The fourth-order valence-electron chi connectivity index (χ4n) is 1.47. The predicted octanol–water partition coefficient (Wildman–Crippen LogP) is 1.41. The van der Waals surface area contributed by atoms with Gasteiger partial charge in [0, 0.05) is 0 Å². The molecule has 16 heavy (non-hydrogen) atoms. The summed E-state index contributed by atoms with van der Waals surface area (Å²) in [4.78, 5) is 22.2. The van der Waals surface area contributed by atoms with Gasteiger partial charge >= 0.3 is 11.9 Å². The van der Waals surface area contributed by atoms with Crippen molar-refractivity contribution in [2.75, 3.05) is 7.11 Å². The average molecular weight is 222 g/mol. The van der Waals surface area contributed by atoms with Crippen LogP contribution in [0, 0.1) is 12.8 Å². The summed E-state index contributed by atoms with van der Waals surface area (Å²) in [6, 6.07) is 7.38. The van der Waals surface area contributed by atoms with Crippen molar-refractivity contribution in [1.29, 1.82) is 0 Å². The molecule has 0 saturated carbocycles. The van der Waals surface area contributed by atoms with E-state index in [0.29, 0.717) is 0 Å². The highest BCUT2D eigenvalue weighted by atomic mass is 16.5. The third-order valence-electron chi connectivity index (χ3n) is 2.47. The van der Waals surface area contributed by atoms with Crippen molar-refractivity contribution >= 4 is 11.9 Å². The molecule has 4 nitrogen and oxygen atoms in total. The van der Waals surface area contributed by atoms with Gasteiger partial charge in [0.15, 0.2) is 5.92 Å². The fraction of sp³-hybridized carbons (Fsp3) is 0.333. The zero-order chi connectivity index (χ0) is 12.1. The van der Waals surface area contributed by atoms with Crippen molar-refractivity contribution < 1.29 is 19.4 Å². The molecule has 1 aromatic rings. The lowest BCUT2D eigenvalue weighted by atomic mass is 9.96. The summed E-state index contributed by atoms with van der Waals surface area (Å²) in [5.41, 5.74) is 1.82. The number of hydrogen-bond donors (Lipinski definition) is 1. The summed E-state index contributed by atoms with van der Waals surface area (Å²) in [6.07, 6.45) is 0.161. The van der Waals surface area contributed by atoms with Crippen molar-refractivity contribution in [2.45, 2.75) is 13.3 Å². The van der Waals surface area contributed by atoms with Crippen LogP contribution in [-0.2, 0) is 20.7 Å². The molecule has 0 aliphatic carbocycles. The molecule has 0 radical (unpaired) electrons. The minimum absolute atomic E-state index is 0.161. The Morgan fingerprint density at radius 1 is 1.38 bits per heavy atom. The number of carboxylic acids is 1. The Hall–Kier alpha value is -1.84. The van der Waals surface area contributed by atoms with Gasteiger partial charge in [-0.1, -0.05) is 24.3 Å².